The van der Waals surface area contributed by atoms with Gasteiger partial charge in [0.25, 0.3) is 0 Å². The van der Waals surface area contributed by atoms with Crippen LogP contribution in [0.4, 0.5) is 10.1 Å². The molecule has 1 fully saturated rings. The number of halogens is 2. The van der Waals surface area contributed by atoms with Crippen molar-refractivity contribution in [3.05, 3.63) is 29.6 Å². The van der Waals surface area contributed by atoms with Crippen LogP contribution >= 0.6 is 12.4 Å². The standard InChI is InChI=1S/C15H24FN3.ClH/c1-18(2)9-3-4-13-5-6-15(14(16)12-13)19-10-7-17-8-11-19;/h5-6,12,17H,3-4,7-11H2,1-2H3;1H. The van der Waals surface area contributed by atoms with E-state index in [1.54, 1.807) is 6.07 Å². The molecule has 1 aliphatic heterocycles. The highest BCUT2D eigenvalue weighted by molar-refractivity contribution is 5.85. The van der Waals surface area contributed by atoms with E-state index in [0.717, 1.165) is 56.8 Å². The van der Waals surface area contributed by atoms with Gasteiger partial charge in [-0.3, -0.25) is 0 Å². The molecule has 2 rings (SSSR count). The number of nitrogens with one attached hydrogen (secondary N) is 1. The molecule has 0 spiro atoms. The van der Waals surface area contributed by atoms with Crippen LogP contribution in [0.25, 0.3) is 0 Å². The van der Waals surface area contributed by atoms with Crippen LogP contribution in [0.2, 0.25) is 0 Å². The maximum atomic E-state index is 14.1. The monoisotopic (exact) mass is 301 g/mol. The zero-order valence-corrected chi connectivity index (χ0v) is 13.2. The molecule has 1 N–H and O–H groups in total. The van der Waals surface area contributed by atoms with Gasteiger partial charge in [-0.05, 0) is 51.2 Å². The molecule has 0 radical (unpaired) electrons. The third-order valence-corrected chi connectivity index (χ3v) is 3.54. The molecule has 1 aliphatic rings. The second kappa shape index (κ2) is 8.45. The summed E-state index contributed by atoms with van der Waals surface area (Å²) in [5.74, 6) is -0.0794. The normalized spacial score (nSPS) is 15.3. The van der Waals surface area contributed by atoms with E-state index in [9.17, 15) is 4.39 Å². The van der Waals surface area contributed by atoms with Crippen LogP contribution in [-0.2, 0) is 6.42 Å². The molecule has 0 amide bonds. The molecule has 114 valence electrons. The molecule has 1 aromatic carbocycles. The number of aryl methyl sites for hydroxylation is 1. The fourth-order valence-corrected chi connectivity index (χ4v) is 2.47. The van der Waals surface area contributed by atoms with Crippen molar-refractivity contribution < 1.29 is 4.39 Å². The Morgan fingerprint density at radius 2 is 1.95 bits per heavy atom. The lowest BCUT2D eigenvalue weighted by Gasteiger charge is -2.29. The zero-order valence-electron chi connectivity index (χ0n) is 12.4. The Balaban J connectivity index is 0.00000200. The molecule has 0 bridgehead atoms. The molecule has 20 heavy (non-hydrogen) atoms. The summed E-state index contributed by atoms with van der Waals surface area (Å²) in [5.41, 5.74) is 1.84. The first kappa shape index (κ1) is 17.2. The maximum absolute atomic E-state index is 14.1. The zero-order chi connectivity index (χ0) is 13.7. The third-order valence-electron chi connectivity index (χ3n) is 3.54. The van der Waals surface area contributed by atoms with Crippen molar-refractivity contribution in [2.75, 3.05) is 51.7 Å². The van der Waals surface area contributed by atoms with Crippen molar-refractivity contribution in [1.82, 2.24) is 10.2 Å². The van der Waals surface area contributed by atoms with Gasteiger partial charge in [0.05, 0.1) is 5.69 Å². The molecular weight excluding hydrogens is 277 g/mol. The van der Waals surface area contributed by atoms with Crippen LogP contribution in [-0.4, -0.2) is 51.7 Å². The predicted molar refractivity (Wildman–Crippen MR) is 85.6 cm³/mol. The minimum Gasteiger partial charge on any atom is -0.367 e. The molecule has 5 heteroatoms. The highest BCUT2D eigenvalue weighted by atomic mass is 35.5. The predicted octanol–water partition coefficient (Wildman–Crippen LogP) is 2.15. The lowest BCUT2D eigenvalue weighted by Crippen LogP contribution is -2.43. The van der Waals surface area contributed by atoms with E-state index in [0.29, 0.717) is 0 Å². The first-order valence-electron chi connectivity index (χ1n) is 7.05. The molecule has 0 aromatic heterocycles. The van der Waals surface area contributed by atoms with Crippen LogP contribution in [0.15, 0.2) is 18.2 Å². The van der Waals surface area contributed by atoms with E-state index in [1.165, 1.54) is 0 Å². The summed E-state index contributed by atoms with van der Waals surface area (Å²) < 4.78 is 14.1. The fourth-order valence-electron chi connectivity index (χ4n) is 2.47. The Bertz CT molecular complexity index is 406. The fraction of sp³-hybridized carbons (Fsp3) is 0.600. The van der Waals surface area contributed by atoms with Crippen molar-refractivity contribution in [3.63, 3.8) is 0 Å². The van der Waals surface area contributed by atoms with Crippen molar-refractivity contribution in [2.45, 2.75) is 12.8 Å². The molecule has 1 aromatic rings. The van der Waals surface area contributed by atoms with Gasteiger partial charge in [-0.2, -0.15) is 0 Å². The van der Waals surface area contributed by atoms with Crippen molar-refractivity contribution in [3.8, 4) is 0 Å². The summed E-state index contributed by atoms with van der Waals surface area (Å²) in [6, 6.07) is 5.70. The van der Waals surface area contributed by atoms with Crippen LogP contribution in [0.3, 0.4) is 0 Å². The molecule has 0 aliphatic carbocycles. The van der Waals surface area contributed by atoms with Gasteiger partial charge in [0, 0.05) is 26.2 Å². The van der Waals surface area contributed by atoms with Crippen LogP contribution in [0.1, 0.15) is 12.0 Å². The van der Waals surface area contributed by atoms with Gasteiger partial charge < -0.3 is 15.1 Å². The molecule has 1 saturated heterocycles. The largest absolute Gasteiger partial charge is 0.367 e. The van der Waals surface area contributed by atoms with Crippen LogP contribution in [0.5, 0.6) is 0 Å². The second-order valence-corrected chi connectivity index (χ2v) is 5.43. The summed E-state index contributed by atoms with van der Waals surface area (Å²) in [6.07, 6.45) is 2.01. The molecule has 0 unspecified atom stereocenters. The Morgan fingerprint density at radius 1 is 1.25 bits per heavy atom. The van der Waals surface area contributed by atoms with E-state index in [4.69, 9.17) is 0 Å². The van der Waals surface area contributed by atoms with E-state index < -0.39 is 0 Å². The van der Waals surface area contributed by atoms with Gasteiger partial charge in [-0.15, -0.1) is 12.4 Å². The van der Waals surface area contributed by atoms with Gasteiger partial charge in [0.2, 0.25) is 0 Å². The lowest BCUT2D eigenvalue weighted by atomic mass is 10.1. The molecule has 3 nitrogen and oxygen atoms in total. The number of piperazine rings is 1. The van der Waals surface area contributed by atoms with E-state index in [2.05, 4.69) is 35.3 Å². The highest BCUT2D eigenvalue weighted by Gasteiger charge is 2.14. The summed E-state index contributed by atoms with van der Waals surface area (Å²) in [7, 11) is 4.13. The average Bonchev–Trinajstić information content (AvgIpc) is 2.39. The van der Waals surface area contributed by atoms with Gasteiger partial charge in [0.1, 0.15) is 5.82 Å². The first-order valence-corrected chi connectivity index (χ1v) is 7.05. The number of benzene rings is 1. The highest BCUT2D eigenvalue weighted by Crippen LogP contribution is 2.21. The van der Waals surface area contributed by atoms with Crippen molar-refractivity contribution in [2.24, 2.45) is 0 Å². The summed E-state index contributed by atoms with van der Waals surface area (Å²) in [6.45, 7) is 4.68. The molecular formula is C15H25ClFN3. The van der Waals surface area contributed by atoms with E-state index in [-0.39, 0.29) is 18.2 Å². The Morgan fingerprint density at radius 3 is 2.55 bits per heavy atom. The number of hydrogen-bond donors (Lipinski definition) is 1. The second-order valence-electron chi connectivity index (χ2n) is 5.43. The quantitative estimate of drug-likeness (QED) is 0.899. The van der Waals surface area contributed by atoms with E-state index in [1.807, 2.05) is 6.07 Å². The average molecular weight is 302 g/mol. The van der Waals surface area contributed by atoms with Gasteiger partial charge in [0.15, 0.2) is 0 Å². The van der Waals surface area contributed by atoms with Gasteiger partial charge >= 0.3 is 0 Å². The minimum atomic E-state index is -0.0794. The van der Waals surface area contributed by atoms with Crippen LogP contribution < -0.4 is 10.2 Å². The van der Waals surface area contributed by atoms with E-state index >= 15 is 0 Å². The minimum absolute atomic E-state index is 0. The SMILES string of the molecule is CN(C)CCCc1ccc(N2CCNCC2)c(F)c1.Cl. The number of nitrogens with zero attached hydrogens (tertiary/aromatic N) is 2. The molecule has 0 saturated carbocycles. The number of hydrogen-bond acceptors (Lipinski definition) is 3. The third kappa shape index (κ3) is 4.93. The first-order chi connectivity index (χ1) is 9.16. The van der Waals surface area contributed by atoms with Gasteiger partial charge in [-0.25, -0.2) is 4.39 Å². The Kier molecular flexibility index (Phi) is 7.27. The number of anilines is 1. The van der Waals surface area contributed by atoms with Gasteiger partial charge in [-0.1, -0.05) is 6.07 Å². The Labute approximate surface area is 127 Å². The Hall–Kier alpha value is -0.840. The maximum Gasteiger partial charge on any atom is 0.146 e. The lowest BCUT2D eigenvalue weighted by molar-refractivity contribution is 0.400. The van der Waals surface area contributed by atoms with Crippen LogP contribution in [0, 0.1) is 5.82 Å². The summed E-state index contributed by atoms with van der Waals surface area (Å²) >= 11 is 0. The smallest absolute Gasteiger partial charge is 0.146 e. The summed E-state index contributed by atoms with van der Waals surface area (Å²) in [4.78, 5) is 4.28. The topological polar surface area (TPSA) is 18.5 Å². The van der Waals surface area contributed by atoms with Crippen molar-refractivity contribution in [1.29, 1.82) is 0 Å². The van der Waals surface area contributed by atoms with Crippen molar-refractivity contribution >= 4 is 18.1 Å². The summed E-state index contributed by atoms with van der Waals surface area (Å²) in [5, 5.41) is 3.29. The molecule has 0 atom stereocenters. The molecule has 1 heterocycles. The number of rotatable bonds is 5.